The molecule has 0 saturated carbocycles. The van der Waals surface area contributed by atoms with Crippen LogP contribution in [0.1, 0.15) is 108 Å². The van der Waals surface area contributed by atoms with Crippen LogP contribution in [0.4, 0.5) is 0 Å². The van der Waals surface area contributed by atoms with Crippen LogP contribution < -0.4 is 5.32 Å². The Balaban J connectivity index is 1.67. The van der Waals surface area contributed by atoms with Crippen molar-refractivity contribution >= 4 is 24.3 Å². The summed E-state index contributed by atoms with van der Waals surface area (Å²) in [6.45, 7) is 2.25. The normalized spacial score (nSPS) is 12.7. The Hall–Kier alpha value is -1.68. The van der Waals surface area contributed by atoms with E-state index in [-0.39, 0.29) is 5.91 Å². The summed E-state index contributed by atoms with van der Waals surface area (Å²) in [7, 11) is -4.56. The molecule has 3 N–H and O–H groups in total. The van der Waals surface area contributed by atoms with Crippen LogP contribution in [-0.4, -0.2) is 15.7 Å². The summed E-state index contributed by atoms with van der Waals surface area (Å²) in [6, 6.07) is 12.8. The van der Waals surface area contributed by atoms with E-state index in [2.05, 4.69) is 12.2 Å². The molecule has 1 atom stereocenters. The Labute approximate surface area is 199 Å². The van der Waals surface area contributed by atoms with E-state index in [9.17, 15) is 19.1 Å². The Morgan fingerprint density at radius 1 is 0.788 bits per heavy atom. The first-order valence-electron chi connectivity index (χ1n) is 12.8. The Kier molecular flexibility index (Phi) is 12.8. The van der Waals surface area contributed by atoms with Gasteiger partial charge in [0.2, 0.25) is 5.91 Å². The third-order valence-corrected chi connectivity index (χ3v) is 7.34. The van der Waals surface area contributed by atoms with E-state index in [1.807, 2.05) is 30.3 Å². The molecule has 0 aliphatic rings. The van der Waals surface area contributed by atoms with Gasteiger partial charge in [-0.05, 0) is 22.8 Å². The summed E-state index contributed by atoms with van der Waals surface area (Å²) in [6.07, 6.45) is 16.3. The number of fused-ring (bicyclic) bond motifs is 1. The number of hydrogen-bond donors (Lipinski definition) is 3. The molecule has 0 spiro atoms. The largest absolute Gasteiger partial charge is 0.352 e. The number of amides is 1. The summed E-state index contributed by atoms with van der Waals surface area (Å²) in [5.74, 6) is -1.63. The molecular formula is C27H42NO4P. The number of unbranched alkanes of at least 4 members (excludes halogenated alkanes) is 12. The highest BCUT2D eigenvalue weighted by Gasteiger charge is 2.32. The average molecular weight is 476 g/mol. The lowest BCUT2D eigenvalue weighted by atomic mass is 10.0. The van der Waals surface area contributed by atoms with Gasteiger partial charge in [-0.2, -0.15) is 0 Å². The van der Waals surface area contributed by atoms with Crippen LogP contribution in [-0.2, 0) is 9.36 Å². The maximum Gasteiger partial charge on any atom is 0.352 e. The molecule has 2 rings (SSSR count). The van der Waals surface area contributed by atoms with Crippen molar-refractivity contribution in [1.29, 1.82) is 0 Å². The van der Waals surface area contributed by atoms with Gasteiger partial charge < -0.3 is 15.1 Å². The lowest BCUT2D eigenvalue weighted by Crippen LogP contribution is -2.28. The van der Waals surface area contributed by atoms with Gasteiger partial charge in [0.15, 0.2) is 5.78 Å². The highest BCUT2D eigenvalue weighted by Crippen LogP contribution is 2.51. The zero-order chi connectivity index (χ0) is 23.9. The highest BCUT2D eigenvalue weighted by atomic mass is 31.2. The number of nitrogens with one attached hydrogen (secondary N) is 1. The van der Waals surface area contributed by atoms with Gasteiger partial charge in [0, 0.05) is 6.42 Å². The van der Waals surface area contributed by atoms with Crippen LogP contribution in [0.5, 0.6) is 0 Å². The minimum Gasteiger partial charge on any atom is -0.338 e. The van der Waals surface area contributed by atoms with E-state index in [0.29, 0.717) is 12.0 Å². The fraction of sp³-hybridized carbons (Fsp3) is 0.593. The first-order valence-corrected chi connectivity index (χ1v) is 14.4. The van der Waals surface area contributed by atoms with E-state index in [0.717, 1.165) is 30.0 Å². The molecule has 0 radical (unpaired) electrons. The van der Waals surface area contributed by atoms with Crippen molar-refractivity contribution in [2.45, 2.75) is 103 Å². The van der Waals surface area contributed by atoms with E-state index in [4.69, 9.17) is 0 Å². The van der Waals surface area contributed by atoms with Gasteiger partial charge in [0.05, 0.1) is 0 Å². The lowest BCUT2D eigenvalue weighted by Gasteiger charge is -2.22. The van der Waals surface area contributed by atoms with Crippen molar-refractivity contribution in [1.82, 2.24) is 5.32 Å². The van der Waals surface area contributed by atoms with Crippen molar-refractivity contribution in [3.63, 3.8) is 0 Å². The minimum atomic E-state index is -4.56. The molecule has 184 valence electrons. The second-order valence-electron chi connectivity index (χ2n) is 9.12. The maximum absolute atomic E-state index is 12.5. The van der Waals surface area contributed by atoms with Gasteiger partial charge in [0.1, 0.15) is 0 Å². The van der Waals surface area contributed by atoms with Crippen LogP contribution in [0, 0.1) is 0 Å². The molecule has 2 aromatic carbocycles. The van der Waals surface area contributed by atoms with Gasteiger partial charge in [0.25, 0.3) is 0 Å². The Morgan fingerprint density at radius 2 is 1.30 bits per heavy atom. The number of carbonyl (C=O) groups excluding carboxylic acids is 1. The second-order valence-corrected chi connectivity index (χ2v) is 10.8. The third kappa shape index (κ3) is 10.4. The predicted octanol–water partition coefficient (Wildman–Crippen LogP) is 7.61. The molecule has 5 nitrogen and oxygen atoms in total. The van der Waals surface area contributed by atoms with Crippen molar-refractivity contribution in [3.05, 3.63) is 48.0 Å². The molecule has 0 heterocycles. The summed E-state index contributed by atoms with van der Waals surface area (Å²) in [4.78, 5) is 32.3. The Bertz CT molecular complexity index is 874. The van der Waals surface area contributed by atoms with Crippen LogP contribution in [0.3, 0.4) is 0 Å². The first kappa shape index (κ1) is 27.6. The fourth-order valence-corrected chi connectivity index (χ4v) is 5.26. The molecule has 0 fully saturated rings. The molecule has 1 amide bonds. The summed E-state index contributed by atoms with van der Waals surface area (Å²) >= 11 is 0. The predicted molar refractivity (Wildman–Crippen MR) is 137 cm³/mol. The molecule has 2 aromatic rings. The number of rotatable bonds is 17. The summed E-state index contributed by atoms with van der Waals surface area (Å²) in [5, 5.41) is 4.24. The van der Waals surface area contributed by atoms with Crippen LogP contribution >= 0.6 is 7.60 Å². The molecule has 6 heteroatoms. The van der Waals surface area contributed by atoms with E-state index in [1.54, 1.807) is 12.1 Å². The number of carbonyl (C=O) groups is 1. The van der Waals surface area contributed by atoms with E-state index in [1.165, 1.54) is 64.2 Å². The summed E-state index contributed by atoms with van der Waals surface area (Å²) in [5.41, 5.74) is 0.458. The van der Waals surface area contributed by atoms with Crippen molar-refractivity contribution in [3.8, 4) is 0 Å². The van der Waals surface area contributed by atoms with Gasteiger partial charge in [-0.25, -0.2) is 0 Å². The molecular weight excluding hydrogens is 433 g/mol. The first-order chi connectivity index (χ1) is 15.9. The fourth-order valence-electron chi connectivity index (χ4n) is 4.36. The van der Waals surface area contributed by atoms with Gasteiger partial charge in [-0.1, -0.05) is 126 Å². The molecule has 0 aromatic heterocycles. The van der Waals surface area contributed by atoms with Crippen molar-refractivity contribution in [2.24, 2.45) is 0 Å². The number of benzene rings is 2. The van der Waals surface area contributed by atoms with Crippen LogP contribution in [0.15, 0.2) is 42.5 Å². The average Bonchev–Trinajstić information content (AvgIpc) is 2.79. The quantitative estimate of drug-likeness (QED) is 0.162. The van der Waals surface area contributed by atoms with Crippen molar-refractivity contribution < 1.29 is 19.1 Å². The number of hydrogen-bond acceptors (Lipinski definition) is 2. The minimum absolute atomic E-state index is 0.291. The van der Waals surface area contributed by atoms with Crippen LogP contribution in [0.25, 0.3) is 10.8 Å². The molecule has 33 heavy (non-hydrogen) atoms. The third-order valence-electron chi connectivity index (χ3n) is 6.26. The van der Waals surface area contributed by atoms with Crippen molar-refractivity contribution in [2.75, 3.05) is 0 Å². The standard InChI is InChI=1S/C27H42NO4P/c1-2-3-4-5-6-7-8-9-10-11-12-13-14-22-26(29)28-27(33(30,31)32)25-21-17-19-23-18-15-16-20-24(23)25/h15-21,27H,2-14,22H2,1H3,(H,28,29)(H2,30,31,32). The zero-order valence-electron chi connectivity index (χ0n) is 20.2. The molecule has 0 saturated heterocycles. The monoisotopic (exact) mass is 475 g/mol. The highest BCUT2D eigenvalue weighted by molar-refractivity contribution is 7.52. The SMILES string of the molecule is CCCCCCCCCCCCCCCC(=O)NC(c1cccc2ccccc12)P(=O)(O)O. The maximum atomic E-state index is 12.5. The molecule has 1 unspecified atom stereocenters. The van der Waals surface area contributed by atoms with E-state index < -0.39 is 13.4 Å². The topological polar surface area (TPSA) is 86.6 Å². The summed E-state index contributed by atoms with van der Waals surface area (Å²) < 4.78 is 12.2. The van der Waals surface area contributed by atoms with Gasteiger partial charge >= 0.3 is 7.60 Å². The molecule has 0 aliphatic heterocycles. The second kappa shape index (κ2) is 15.3. The Morgan fingerprint density at radius 3 is 1.88 bits per heavy atom. The lowest BCUT2D eigenvalue weighted by molar-refractivity contribution is -0.121. The van der Waals surface area contributed by atoms with Crippen LogP contribution in [0.2, 0.25) is 0 Å². The van der Waals surface area contributed by atoms with Gasteiger partial charge in [-0.3, -0.25) is 9.36 Å². The zero-order valence-corrected chi connectivity index (χ0v) is 21.1. The van der Waals surface area contributed by atoms with Gasteiger partial charge in [-0.15, -0.1) is 0 Å². The smallest absolute Gasteiger partial charge is 0.338 e. The molecule has 0 aliphatic carbocycles. The molecule has 0 bridgehead atoms. The van der Waals surface area contributed by atoms with E-state index >= 15 is 0 Å².